The van der Waals surface area contributed by atoms with E-state index in [2.05, 4.69) is 63.8 Å². The molecule has 1 fully saturated rings. The zero-order valence-corrected chi connectivity index (χ0v) is 21.1. The van der Waals surface area contributed by atoms with Gasteiger partial charge in [-0.1, -0.05) is 39.0 Å². The van der Waals surface area contributed by atoms with Crippen molar-refractivity contribution < 1.29 is 0 Å². The van der Waals surface area contributed by atoms with E-state index in [-0.39, 0.29) is 0 Å². The van der Waals surface area contributed by atoms with Gasteiger partial charge in [0.1, 0.15) is 5.82 Å². The molecule has 0 spiro atoms. The summed E-state index contributed by atoms with van der Waals surface area (Å²) >= 11 is 3.73. The smallest absolute Gasteiger partial charge is 0.165 e. The zero-order chi connectivity index (χ0) is 23.2. The molecule has 0 bridgehead atoms. The third-order valence-electron chi connectivity index (χ3n) is 6.70. The number of pyridine rings is 1. The molecule has 1 aliphatic rings. The summed E-state index contributed by atoms with van der Waals surface area (Å²) in [7, 11) is 0. The zero-order valence-electron chi connectivity index (χ0n) is 19.6. The van der Waals surface area contributed by atoms with Gasteiger partial charge in [0.2, 0.25) is 0 Å². The summed E-state index contributed by atoms with van der Waals surface area (Å²) in [5.74, 6) is 0.986. The van der Waals surface area contributed by atoms with Crippen LogP contribution in [0.25, 0.3) is 27.7 Å². The van der Waals surface area contributed by atoms with Crippen molar-refractivity contribution in [2.24, 2.45) is 5.41 Å². The van der Waals surface area contributed by atoms with Gasteiger partial charge in [-0.15, -0.1) is 0 Å². The lowest BCUT2D eigenvalue weighted by atomic mass is 9.90. The fourth-order valence-electron chi connectivity index (χ4n) is 4.63. The van der Waals surface area contributed by atoms with Gasteiger partial charge in [-0.05, 0) is 72.4 Å². The lowest BCUT2D eigenvalue weighted by molar-refractivity contribution is 0.183. The number of halogens is 1. The van der Waals surface area contributed by atoms with Gasteiger partial charge in [0.25, 0.3) is 0 Å². The van der Waals surface area contributed by atoms with E-state index in [1.165, 1.54) is 6.42 Å². The van der Waals surface area contributed by atoms with Crippen LogP contribution in [0.15, 0.2) is 47.2 Å². The quantitative estimate of drug-likeness (QED) is 0.372. The van der Waals surface area contributed by atoms with E-state index in [1.54, 1.807) is 4.52 Å². The molecule has 1 aromatic carbocycles. The van der Waals surface area contributed by atoms with Crippen molar-refractivity contribution in [1.29, 1.82) is 0 Å². The molecular weight excluding hydrogens is 476 g/mol. The number of likely N-dealkylation sites (tertiary alicyclic amines) is 1. The molecule has 4 heterocycles. The highest BCUT2D eigenvalue weighted by atomic mass is 79.9. The van der Waals surface area contributed by atoms with E-state index in [0.717, 1.165) is 70.3 Å². The standard InChI is InChI=1S/C26H31BrN6/c1-26(2,3)10-13-32-11-8-17(9-12-32)23-22(27)24(28)33-25(31-23)20(16-30-33)19-14-18-6-4-5-7-21(18)29-15-19/h4-7,14-17H,8-13,28H2,1-3H3. The Balaban J connectivity index is 1.45. The average molecular weight is 507 g/mol. The maximum Gasteiger partial charge on any atom is 0.165 e. The van der Waals surface area contributed by atoms with Crippen molar-refractivity contribution in [2.75, 3.05) is 25.4 Å². The number of aromatic nitrogens is 4. The Kier molecular flexibility index (Phi) is 5.87. The predicted molar refractivity (Wildman–Crippen MR) is 138 cm³/mol. The second kappa shape index (κ2) is 8.69. The molecule has 7 heteroatoms. The second-order valence-electron chi connectivity index (χ2n) is 10.3. The highest BCUT2D eigenvalue weighted by Gasteiger charge is 2.27. The predicted octanol–water partition coefficient (Wildman–Crippen LogP) is 5.90. The van der Waals surface area contributed by atoms with Crippen molar-refractivity contribution in [3.05, 3.63) is 52.9 Å². The van der Waals surface area contributed by atoms with E-state index in [9.17, 15) is 0 Å². The summed E-state index contributed by atoms with van der Waals surface area (Å²) in [6, 6.07) is 10.3. The number of fused-ring (bicyclic) bond motifs is 2. The molecule has 1 saturated heterocycles. The summed E-state index contributed by atoms with van der Waals surface area (Å²) in [5.41, 5.74) is 11.7. The number of piperidine rings is 1. The van der Waals surface area contributed by atoms with Crippen molar-refractivity contribution in [1.82, 2.24) is 24.5 Å². The normalized spacial score (nSPS) is 16.1. The van der Waals surface area contributed by atoms with E-state index < -0.39 is 0 Å². The molecule has 0 saturated carbocycles. The van der Waals surface area contributed by atoms with Crippen molar-refractivity contribution >= 4 is 38.3 Å². The van der Waals surface area contributed by atoms with Gasteiger partial charge in [0.05, 0.1) is 21.9 Å². The Hall–Kier alpha value is -2.51. The van der Waals surface area contributed by atoms with E-state index in [1.807, 2.05) is 30.6 Å². The number of nitrogen functional groups attached to an aromatic ring is 1. The molecule has 4 aromatic rings. The van der Waals surface area contributed by atoms with Crippen LogP contribution < -0.4 is 5.73 Å². The van der Waals surface area contributed by atoms with Crippen LogP contribution >= 0.6 is 15.9 Å². The van der Waals surface area contributed by atoms with Crippen LogP contribution in [0.2, 0.25) is 0 Å². The first-order chi connectivity index (χ1) is 15.8. The van der Waals surface area contributed by atoms with Gasteiger partial charge in [0, 0.05) is 28.6 Å². The first-order valence-electron chi connectivity index (χ1n) is 11.7. The SMILES string of the molecule is CC(C)(C)CCN1CCC(c2nc3c(-c4cnc5ccccc5c4)cnn3c(N)c2Br)CC1. The number of hydrogen-bond acceptors (Lipinski definition) is 5. The largest absolute Gasteiger partial charge is 0.383 e. The van der Waals surface area contributed by atoms with E-state index in [4.69, 9.17) is 10.7 Å². The molecule has 0 amide bonds. The van der Waals surface area contributed by atoms with Gasteiger partial charge < -0.3 is 10.6 Å². The van der Waals surface area contributed by atoms with Gasteiger partial charge in [-0.2, -0.15) is 9.61 Å². The minimum atomic E-state index is 0.372. The molecule has 2 N–H and O–H groups in total. The number of nitrogens with two attached hydrogens (primary N) is 1. The molecule has 33 heavy (non-hydrogen) atoms. The maximum atomic E-state index is 6.52. The van der Waals surface area contributed by atoms with Crippen LogP contribution in [0.5, 0.6) is 0 Å². The van der Waals surface area contributed by atoms with Crippen molar-refractivity contribution in [2.45, 2.75) is 46.0 Å². The third-order valence-corrected chi connectivity index (χ3v) is 7.51. The molecule has 172 valence electrons. The minimum absolute atomic E-state index is 0.372. The van der Waals surface area contributed by atoms with E-state index >= 15 is 0 Å². The Morgan fingerprint density at radius 3 is 2.64 bits per heavy atom. The molecule has 0 unspecified atom stereocenters. The Bertz CT molecular complexity index is 1300. The van der Waals surface area contributed by atoms with Crippen LogP contribution in [0, 0.1) is 5.41 Å². The lowest BCUT2D eigenvalue weighted by Crippen LogP contribution is -2.35. The first-order valence-corrected chi connectivity index (χ1v) is 12.5. The van der Waals surface area contributed by atoms with Crippen molar-refractivity contribution in [3.63, 3.8) is 0 Å². The molecule has 3 aromatic heterocycles. The molecule has 5 rings (SSSR count). The summed E-state index contributed by atoms with van der Waals surface area (Å²) < 4.78 is 2.60. The molecule has 6 nitrogen and oxygen atoms in total. The van der Waals surface area contributed by atoms with Crippen LogP contribution in [-0.2, 0) is 0 Å². The first kappa shape index (κ1) is 22.3. The van der Waals surface area contributed by atoms with Crippen LogP contribution in [-0.4, -0.2) is 44.1 Å². The number of benzene rings is 1. The molecule has 1 aliphatic heterocycles. The average Bonchev–Trinajstić information content (AvgIpc) is 3.24. The van der Waals surface area contributed by atoms with Gasteiger partial charge in [-0.25, -0.2) is 4.98 Å². The fourth-order valence-corrected chi connectivity index (χ4v) is 5.21. The summed E-state index contributed by atoms with van der Waals surface area (Å²) in [5, 5.41) is 5.64. The summed E-state index contributed by atoms with van der Waals surface area (Å²) in [4.78, 5) is 12.3. The number of anilines is 1. The summed E-state index contributed by atoms with van der Waals surface area (Å²) in [6.07, 6.45) is 7.14. The maximum absolute atomic E-state index is 6.52. The van der Waals surface area contributed by atoms with Gasteiger partial charge in [0.15, 0.2) is 5.65 Å². The number of nitrogens with zero attached hydrogens (tertiary/aromatic N) is 5. The molecule has 0 aliphatic carbocycles. The fraction of sp³-hybridized carbons (Fsp3) is 0.423. The lowest BCUT2D eigenvalue weighted by Gasteiger charge is -2.33. The highest BCUT2D eigenvalue weighted by molar-refractivity contribution is 9.10. The number of rotatable bonds is 4. The Morgan fingerprint density at radius 1 is 1.12 bits per heavy atom. The topological polar surface area (TPSA) is 72.3 Å². The molecular formula is C26H31BrN6. The number of para-hydroxylation sites is 1. The molecule has 0 atom stereocenters. The molecule has 0 radical (unpaired) electrons. The Morgan fingerprint density at radius 2 is 1.88 bits per heavy atom. The van der Waals surface area contributed by atoms with Crippen LogP contribution in [0.3, 0.4) is 0 Å². The van der Waals surface area contributed by atoms with Crippen LogP contribution in [0.4, 0.5) is 5.82 Å². The Labute approximate surface area is 203 Å². The summed E-state index contributed by atoms with van der Waals surface area (Å²) in [6.45, 7) is 10.3. The van der Waals surface area contributed by atoms with Gasteiger partial charge in [-0.3, -0.25) is 4.98 Å². The number of hydrogen-bond donors (Lipinski definition) is 1. The minimum Gasteiger partial charge on any atom is -0.383 e. The second-order valence-corrected chi connectivity index (χ2v) is 11.1. The van der Waals surface area contributed by atoms with E-state index in [0.29, 0.717) is 17.2 Å². The highest BCUT2D eigenvalue weighted by Crippen LogP contribution is 2.37. The third kappa shape index (κ3) is 4.49. The van der Waals surface area contributed by atoms with Gasteiger partial charge >= 0.3 is 0 Å². The van der Waals surface area contributed by atoms with Crippen molar-refractivity contribution in [3.8, 4) is 11.1 Å². The van der Waals surface area contributed by atoms with Crippen LogP contribution in [0.1, 0.15) is 51.6 Å². The monoisotopic (exact) mass is 506 g/mol.